The molecular weight excluding hydrogens is 703 g/mol. The number of fused-ring (bicyclic) bond motifs is 3. The number of halogens is 2. The van der Waals surface area contributed by atoms with Crippen molar-refractivity contribution in [2.75, 3.05) is 0 Å². The minimum atomic E-state index is 0. The smallest absolute Gasteiger partial charge is 1.00 e. The molecule has 0 spiro atoms. The van der Waals surface area contributed by atoms with Crippen LogP contribution >= 0.6 is 0 Å². The molecule has 5 aromatic carbocycles. The number of benzene rings is 4. The molecule has 0 amide bonds. The van der Waals surface area contributed by atoms with E-state index in [9.17, 15) is 0 Å². The van der Waals surface area contributed by atoms with Crippen molar-refractivity contribution in [3.63, 3.8) is 0 Å². The van der Waals surface area contributed by atoms with Crippen molar-refractivity contribution in [1.82, 2.24) is 0 Å². The van der Waals surface area contributed by atoms with Crippen molar-refractivity contribution in [3.05, 3.63) is 158 Å². The van der Waals surface area contributed by atoms with Crippen molar-refractivity contribution < 1.29 is 49.0 Å². The molecular formula is C45H52Cl2Zr-2. The van der Waals surface area contributed by atoms with Crippen LogP contribution in [0, 0.1) is 47.6 Å². The van der Waals surface area contributed by atoms with Crippen LogP contribution in [0.1, 0.15) is 108 Å². The molecule has 0 heterocycles. The fraction of sp³-hybridized carbons (Fsp3) is 0.333. The van der Waals surface area contributed by atoms with E-state index in [1.165, 1.54) is 105 Å². The van der Waals surface area contributed by atoms with Gasteiger partial charge in [0.2, 0.25) is 0 Å². The Morgan fingerprint density at radius 3 is 1.56 bits per heavy atom. The molecule has 1 aliphatic rings. The van der Waals surface area contributed by atoms with Gasteiger partial charge in [-0.15, -0.1) is 11.1 Å². The van der Waals surface area contributed by atoms with Crippen molar-refractivity contribution in [2.45, 2.75) is 100 Å². The summed E-state index contributed by atoms with van der Waals surface area (Å²) in [7, 11) is 0. The van der Waals surface area contributed by atoms with E-state index in [0.717, 1.165) is 6.42 Å². The molecule has 0 aromatic heterocycles. The van der Waals surface area contributed by atoms with Gasteiger partial charge in [0.05, 0.1) is 0 Å². The summed E-state index contributed by atoms with van der Waals surface area (Å²) in [4.78, 5) is 0. The predicted octanol–water partition coefficient (Wildman–Crippen LogP) is 5.72. The second-order valence-electron chi connectivity index (χ2n) is 15.2. The largest absolute Gasteiger partial charge is 1.00 e. The zero-order valence-electron chi connectivity index (χ0n) is 31.0. The van der Waals surface area contributed by atoms with Crippen molar-refractivity contribution in [1.29, 1.82) is 0 Å². The molecule has 0 atom stereocenters. The van der Waals surface area contributed by atoms with Crippen molar-refractivity contribution in [3.8, 4) is 11.1 Å². The van der Waals surface area contributed by atoms with E-state index in [1.807, 2.05) is 0 Å². The molecule has 0 N–H and O–H groups in total. The Bertz CT molecular complexity index is 1690. The van der Waals surface area contributed by atoms with E-state index in [2.05, 4.69) is 174 Å². The van der Waals surface area contributed by atoms with Gasteiger partial charge < -0.3 is 24.8 Å². The zero-order chi connectivity index (χ0) is 34.0. The topological polar surface area (TPSA) is 0 Å². The van der Waals surface area contributed by atoms with Crippen LogP contribution in [0.15, 0.2) is 84.9 Å². The Labute approximate surface area is 319 Å². The Morgan fingerprint density at radius 1 is 0.667 bits per heavy atom. The van der Waals surface area contributed by atoms with Gasteiger partial charge in [-0.25, -0.2) is 0 Å². The normalized spacial score (nSPS) is 11.5. The van der Waals surface area contributed by atoms with Gasteiger partial charge >= 0.3 is 112 Å². The van der Waals surface area contributed by atoms with Gasteiger partial charge in [-0.1, -0.05) is 93.0 Å². The van der Waals surface area contributed by atoms with Gasteiger partial charge in [-0.2, -0.15) is 52.1 Å². The average molecular weight is 755 g/mol. The fourth-order valence-corrected chi connectivity index (χ4v) is 6.59. The van der Waals surface area contributed by atoms with Crippen LogP contribution in [0.25, 0.3) is 11.1 Å². The van der Waals surface area contributed by atoms with Gasteiger partial charge in [-0.3, -0.25) is 0 Å². The van der Waals surface area contributed by atoms with Gasteiger partial charge in [-0.05, 0) is 28.4 Å². The van der Waals surface area contributed by atoms with Gasteiger partial charge in [0.15, 0.2) is 0 Å². The molecule has 0 nitrogen and oxygen atoms in total. The molecule has 6 rings (SSSR count). The second-order valence-corrected chi connectivity index (χ2v) is 16.4. The third kappa shape index (κ3) is 10.3. The summed E-state index contributed by atoms with van der Waals surface area (Å²) in [6.07, 6.45) is 1.03. The first-order chi connectivity index (χ1) is 21.5. The maximum atomic E-state index is 3.67. The van der Waals surface area contributed by atoms with E-state index in [0.29, 0.717) is 0 Å². The maximum Gasteiger partial charge on any atom is -1.00 e. The number of aryl methyl sites for hydroxylation is 4. The van der Waals surface area contributed by atoms with E-state index >= 15 is 0 Å². The van der Waals surface area contributed by atoms with Crippen LogP contribution < -0.4 is 24.8 Å². The van der Waals surface area contributed by atoms with Crippen LogP contribution in [0.3, 0.4) is 0 Å². The molecule has 0 unspecified atom stereocenters. The molecule has 0 bridgehead atoms. The number of rotatable bonds is 2. The number of hydrogen-bond acceptors (Lipinski definition) is 0. The minimum Gasteiger partial charge on any atom is -1.00 e. The van der Waals surface area contributed by atoms with Crippen LogP contribution in [-0.2, 0) is 41.5 Å². The molecule has 5 aromatic rings. The average Bonchev–Trinajstić information content (AvgIpc) is 3.48. The standard InChI is InChI=1S/C21H25.C15H14.C9H13.2ClH.Zr/c1-20(2,3)16-7-9-18-14(12-16)11-15-13-17(21(4,5)6)8-10-19(15)18;1-12-3-7-14(8-4-12)11-15-9-5-13(2)6-10-15;1-6-5-7(2)9(4)8(6)3;;;/h7-10,12H,11H2,1-6H3;3-10H,1-2H3;5H,1-4H3;2*1H;/q-1;;-1;;;+2/p-2. The zero-order valence-corrected chi connectivity index (χ0v) is 35.0. The van der Waals surface area contributed by atoms with Crippen molar-refractivity contribution >= 4 is 3.21 Å². The summed E-state index contributed by atoms with van der Waals surface area (Å²) in [6, 6.07) is 34.9. The van der Waals surface area contributed by atoms with Crippen LogP contribution in [0.5, 0.6) is 0 Å². The van der Waals surface area contributed by atoms with Gasteiger partial charge in [0.1, 0.15) is 0 Å². The van der Waals surface area contributed by atoms with Gasteiger partial charge in [0.25, 0.3) is 0 Å². The third-order valence-electron chi connectivity index (χ3n) is 9.32. The molecule has 1 aliphatic carbocycles. The first-order valence-electron chi connectivity index (χ1n) is 16.6. The molecule has 0 radical (unpaired) electrons. The van der Waals surface area contributed by atoms with Crippen molar-refractivity contribution in [2.24, 2.45) is 0 Å². The third-order valence-corrected chi connectivity index (χ3v) is 10.7. The van der Waals surface area contributed by atoms with Crippen LogP contribution in [0.2, 0.25) is 0 Å². The fourth-order valence-electron chi connectivity index (χ4n) is 5.77. The number of hydrogen-bond donors (Lipinski definition) is 0. The minimum absolute atomic E-state index is 0. The first-order valence-corrected chi connectivity index (χ1v) is 17.8. The van der Waals surface area contributed by atoms with E-state index in [4.69, 9.17) is 0 Å². The second kappa shape index (κ2) is 17.0. The maximum absolute atomic E-state index is 3.67. The van der Waals surface area contributed by atoms with E-state index in [-0.39, 0.29) is 35.6 Å². The quantitative estimate of drug-likeness (QED) is 0.199. The first kappa shape index (κ1) is 41.7. The molecule has 0 fully saturated rings. The summed E-state index contributed by atoms with van der Waals surface area (Å²) in [6.45, 7) is 26.5. The summed E-state index contributed by atoms with van der Waals surface area (Å²) < 4.78 is 1.42. The Morgan fingerprint density at radius 2 is 1.17 bits per heavy atom. The predicted molar refractivity (Wildman–Crippen MR) is 197 cm³/mol. The Kier molecular flexibility index (Phi) is 14.8. The molecule has 0 aliphatic heterocycles. The monoisotopic (exact) mass is 752 g/mol. The molecule has 48 heavy (non-hydrogen) atoms. The van der Waals surface area contributed by atoms with Crippen LogP contribution in [0.4, 0.5) is 0 Å². The molecule has 0 saturated heterocycles. The Hall–Kier alpha value is -2.44. The molecule has 0 saturated carbocycles. The van der Waals surface area contributed by atoms with Crippen LogP contribution in [-0.4, -0.2) is 3.21 Å². The van der Waals surface area contributed by atoms with E-state index in [1.54, 1.807) is 0 Å². The SMILES string of the molecule is CC(C)(C)c1[c-]c2c(cc1)-c1ccc(C(C)(C)C)cc1C2.Cc1c[c-](C)c(C)c1C.Cc1ccc([C](=[Zr+2])c2ccc(C)cc2)cc1.[Cl-].[Cl-]. The Balaban J connectivity index is 0.000000264. The summed E-state index contributed by atoms with van der Waals surface area (Å²) in [5.41, 5.74) is 19.8. The summed E-state index contributed by atoms with van der Waals surface area (Å²) in [5, 5.41) is 0. The van der Waals surface area contributed by atoms with E-state index < -0.39 is 0 Å². The van der Waals surface area contributed by atoms with Gasteiger partial charge in [0, 0.05) is 0 Å². The molecule has 3 heteroatoms. The molecule has 252 valence electrons. The summed E-state index contributed by atoms with van der Waals surface area (Å²) in [5.74, 6) is 0. The summed E-state index contributed by atoms with van der Waals surface area (Å²) >= 11 is 1.46.